The summed E-state index contributed by atoms with van der Waals surface area (Å²) in [5.74, 6) is -0.0622. The minimum atomic E-state index is -0.154. The van der Waals surface area contributed by atoms with E-state index in [4.69, 9.17) is 0 Å². The van der Waals surface area contributed by atoms with Gasteiger partial charge in [0, 0.05) is 24.3 Å². The first kappa shape index (κ1) is 15.6. The summed E-state index contributed by atoms with van der Waals surface area (Å²) in [6, 6.07) is 8.19. The second-order valence-corrected chi connectivity index (χ2v) is 6.48. The van der Waals surface area contributed by atoms with Crippen LogP contribution < -0.4 is 5.56 Å². The summed E-state index contributed by atoms with van der Waals surface area (Å²) in [6.07, 6.45) is 3.28. The zero-order valence-electron chi connectivity index (χ0n) is 14.2. The number of hydrogen-bond donors (Lipinski definition) is 0. The number of nitrogens with zero attached hydrogens (tertiary/aromatic N) is 5. The molecule has 7 nitrogen and oxygen atoms in total. The lowest BCUT2D eigenvalue weighted by atomic mass is 10.1. The van der Waals surface area contributed by atoms with Gasteiger partial charge in [-0.3, -0.25) is 14.2 Å². The largest absolute Gasteiger partial charge is 0.337 e. The Kier molecular flexibility index (Phi) is 3.63. The van der Waals surface area contributed by atoms with Crippen molar-refractivity contribution in [2.75, 3.05) is 13.1 Å². The fourth-order valence-electron chi connectivity index (χ4n) is 3.14. The molecule has 1 saturated heterocycles. The van der Waals surface area contributed by atoms with Crippen LogP contribution in [0.4, 0.5) is 0 Å². The van der Waals surface area contributed by atoms with Crippen molar-refractivity contribution < 1.29 is 4.79 Å². The van der Waals surface area contributed by atoms with Gasteiger partial charge in [-0.1, -0.05) is 12.1 Å². The van der Waals surface area contributed by atoms with Crippen LogP contribution in [-0.4, -0.2) is 43.0 Å². The third kappa shape index (κ3) is 2.61. The maximum absolute atomic E-state index is 12.4. The topological polar surface area (TPSA) is 73.0 Å². The molecule has 3 aromatic rings. The van der Waals surface area contributed by atoms with Crippen LogP contribution in [0.25, 0.3) is 11.0 Å². The van der Waals surface area contributed by atoms with Crippen LogP contribution in [-0.2, 0) is 11.3 Å². The molecule has 1 amide bonds. The lowest BCUT2D eigenvalue weighted by Gasteiger charge is -2.40. The normalized spacial score (nSPS) is 14.7. The standard InChI is InChI=1S/C18H19N5O2/c1-12-13(2)19-10-22(18(12)25)9-17(24)21-7-14(8-21)23-11-20-15-5-3-4-6-16(15)23/h3-6,10-11,14H,7-9H2,1-2H3. The van der Waals surface area contributed by atoms with Crippen molar-refractivity contribution in [3.05, 3.63) is 58.5 Å². The number of fused-ring (bicyclic) bond motifs is 1. The van der Waals surface area contributed by atoms with Crippen LogP contribution >= 0.6 is 0 Å². The van der Waals surface area contributed by atoms with E-state index in [1.54, 1.807) is 18.7 Å². The molecule has 1 fully saturated rings. The van der Waals surface area contributed by atoms with E-state index in [0.29, 0.717) is 24.3 Å². The number of imidazole rings is 1. The molecule has 3 heterocycles. The minimum absolute atomic E-state index is 0.0321. The number of carbonyl (C=O) groups is 1. The van der Waals surface area contributed by atoms with Gasteiger partial charge in [0.05, 0.1) is 29.7 Å². The van der Waals surface area contributed by atoms with Gasteiger partial charge < -0.3 is 9.47 Å². The van der Waals surface area contributed by atoms with Gasteiger partial charge >= 0.3 is 0 Å². The van der Waals surface area contributed by atoms with Crippen LogP contribution in [0.3, 0.4) is 0 Å². The summed E-state index contributed by atoms with van der Waals surface area (Å²) < 4.78 is 3.49. The zero-order valence-corrected chi connectivity index (χ0v) is 14.2. The Morgan fingerprint density at radius 2 is 1.92 bits per heavy atom. The van der Waals surface area contributed by atoms with Crippen LogP contribution in [0.2, 0.25) is 0 Å². The fourth-order valence-corrected chi connectivity index (χ4v) is 3.14. The van der Waals surface area contributed by atoms with E-state index >= 15 is 0 Å². The molecule has 0 radical (unpaired) electrons. The lowest BCUT2D eigenvalue weighted by molar-refractivity contribution is -0.137. The number of carbonyl (C=O) groups excluding carboxylic acids is 1. The molecule has 4 rings (SSSR count). The number of amides is 1. The first-order valence-corrected chi connectivity index (χ1v) is 8.26. The molecule has 0 N–H and O–H groups in total. The van der Waals surface area contributed by atoms with Gasteiger partial charge in [0.15, 0.2) is 0 Å². The predicted molar refractivity (Wildman–Crippen MR) is 93.3 cm³/mol. The van der Waals surface area contributed by atoms with E-state index in [9.17, 15) is 9.59 Å². The van der Waals surface area contributed by atoms with Crippen molar-refractivity contribution in [1.82, 2.24) is 24.0 Å². The molecule has 0 bridgehead atoms. The summed E-state index contributed by atoms with van der Waals surface area (Å²) in [4.78, 5) is 35.0. The molecular weight excluding hydrogens is 318 g/mol. The molecule has 25 heavy (non-hydrogen) atoms. The van der Waals surface area contributed by atoms with E-state index in [1.807, 2.05) is 30.6 Å². The Bertz CT molecular complexity index is 1010. The average molecular weight is 337 g/mol. The second-order valence-electron chi connectivity index (χ2n) is 6.48. The Labute approximate surface area is 144 Å². The Hall–Kier alpha value is -2.96. The van der Waals surface area contributed by atoms with E-state index in [-0.39, 0.29) is 24.1 Å². The zero-order chi connectivity index (χ0) is 17.6. The fraction of sp³-hybridized carbons (Fsp3) is 0.333. The number of aromatic nitrogens is 4. The van der Waals surface area contributed by atoms with Gasteiger partial charge in [0.1, 0.15) is 6.54 Å². The highest BCUT2D eigenvalue weighted by atomic mass is 16.2. The van der Waals surface area contributed by atoms with E-state index in [2.05, 4.69) is 14.5 Å². The van der Waals surface area contributed by atoms with Gasteiger partial charge in [0.25, 0.3) is 5.56 Å². The molecule has 128 valence electrons. The van der Waals surface area contributed by atoms with Gasteiger partial charge in [-0.2, -0.15) is 0 Å². The summed E-state index contributed by atoms with van der Waals surface area (Å²) in [5.41, 5.74) is 3.17. The maximum atomic E-state index is 12.4. The molecule has 0 spiro atoms. The van der Waals surface area contributed by atoms with Crippen LogP contribution in [0.1, 0.15) is 17.3 Å². The molecule has 0 unspecified atom stereocenters. The van der Waals surface area contributed by atoms with Crippen LogP contribution in [0.15, 0.2) is 41.7 Å². The van der Waals surface area contributed by atoms with E-state index in [1.165, 1.54) is 10.9 Å². The van der Waals surface area contributed by atoms with Gasteiger partial charge in [-0.15, -0.1) is 0 Å². The third-order valence-electron chi connectivity index (χ3n) is 4.91. The van der Waals surface area contributed by atoms with Crippen LogP contribution in [0, 0.1) is 13.8 Å². The Morgan fingerprint density at radius 1 is 1.16 bits per heavy atom. The highest BCUT2D eigenvalue weighted by Gasteiger charge is 2.32. The number of benzene rings is 1. The second kappa shape index (κ2) is 5.84. The van der Waals surface area contributed by atoms with Gasteiger partial charge in [0.2, 0.25) is 5.91 Å². The monoisotopic (exact) mass is 337 g/mol. The van der Waals surface area contributed by atoms with Gasteiger partial charge in [-0.25, -0.2) is 9.97 Å². The van der Waals surface area contributed by atoms with E-state index < -0.39 is 0 Å². The Morgan fingerprint density at radius 3 is 2.72 bits per heavy atom. The molecule has 1 aliphatic rings. The van der Waals surface area contributed by atoms with Crippen LogP contribution in [0.5, 0.6) is 0 Å². The molecular formula is C18H19N5O2. The first-order chi connectivity index (χ1) is 12.0. The smallest absolute Gasteiger partial charge is 0.256 e. The molecule has 0 atom stereocenters. The third-order valence-corrected chi connectivity index (χ3v) is 4.91. The first-order valence-electron chi connectivity index (χ1n) is 8.26. The minimum Gasteiger partial charge on any atom is -0.337 e. The number of hydrogen-bond acceptors (Lipinski definition) is 4. The van der Waals surface area contributed by atoms with Crippen molar-refractivity contribution >= 4 is 16.9 Å². The summed E-state index contributed by atoms with van der Waals surface area (Å²) in [6.45, 7) is 4.82. The predicted octanol–water partition coefficient (Wildman–Crippen LogP) is 1.29. The lowest BCUT2D eigenvalue weighted by Crippen LogP contribution is -2.52. The SMILES string of the molecule is Cc1ncn(CC(=O)N2CC(n3cnc4ccccc43)C2)c(=O)c1C. The van der Waals surface area contributed by atoms with Crippen molar-refractivity contribution in [3.63, 3.8) is 0 Å². The van der Waals surface area contributed by atoms with Crippen molar-refractivity contribution in [3.8, 4) is 0 Å². The highest BCUT2D eigenvalue weighted by Crippen LogP contribution is 2.25. The van der Waals surface area contributed by atoms with Crippen molar-refractivity contribution in [2.45, 2.75) is 26.4 Å². The van der Waals surface area contributed by atoms with Crippen molar-refractivity contribution in [2.24, 2.45) is 0 Å². The number of likely N-dealkylation sites (tertiary alicyclic amines) is 1. The average Bonchev–Trinajstić information content (AvgIpc) is 2.98. The number of rotatable bonds is 3. The van der Waals surface area contributed by atoms with Gasteiger partial charge in [-0.05, 0) is 26.0 Å². The molecule has 0 aliphatic carbocycles. The quantitative estimate of drug-likeness (QED) is 0.722. The summed E-state index contributed by atoms with van der Waals surface area (Å²) >= 11 is 0. The number of para-hydroxylation sites is 2. The summed E-state index contributed by atoms with van der Waals surface area (Å²) in [5, 5.41) is 0. The molecule has 1 aromatic carbocycles. The highest BCUT2D eigenvalue weighted by molar-refractivity contribution is 5.78. The molecule has 2 aromatic heterocycles. The van der Waals surface area contributed by atoms with Crippen molar-refractivity contribution in [1.29, 1.82) is 0 Å². The summed E-state index contributed by atoms with van der Waals surface area (Å²) in [7, 11) is 0. The molecule has 7 heteroatoms. The molecule has 1 aliphatic heterocycles. The Balaban J connectivity index is 1.45. The number of aryl methyl sites for hydroxylation is 1. The maximum Gasteiger partial charge on any atom is 0.256 e. The molecule has 0 saturated carbocycles. The van der Waals surface area contributed by atoms with E-state index in [0.717, 1.165) is 11.0 Å².